The Kier molecular flexibility index (Phi) is 2.94. The molecule has 0 aliphatic carbocycles. The van der Waals surface area contributed by atoms with Crippen LogP contribution in [0.25, 0.3) is 11.2 Å². The Balaban J connectivity index is 2.07. The number of aromatic nitrogens is 5. The molecule has 0 aliphatic heterocycles. The molecule has 0 bridgehead atoms. The van der Waals surface area contributed by atoms with Crippen molar-refractivity contribution in [3.8, 4) is 5.75 Å². The van der Waals surface area contributed by atoms with E-state index in [0.29, 0.717) is 17.0 Å². The van der Waals surface area contributed by atoms with E-state index in [1.165, 1.54) is 6.33 Å². The molecule has 0 spiro atoms. The maximum atomic E-state index is 5.34. The number of fused-ring (bicyclic) bond motifs is 1. The van der Waals surface area contributed by atoms with Crippen molar-refractivity contribution < 1.29 is 4.74 Å². The van der Waals surface area contributed by atoms with Gasteiger partial charge in [-0.1, -0.05) is 11.3 Å². The molecule has 2 aromatic heterocycles. The maximum Gasteiger partial charge on any atom is 0.183 e. The van der Waals surface area contributed by atoms with Gasteiger partial charge in [0.15, 0.2) is 17.0 Å². The van der Waals surface area contributed by atoms with Crippen LogP contribution in [0, 0.1) is 6.92 Å². The van der Waals surface area contributed by atoms with E-state index in [1.807, 2.05) is 25.1 Å². The first-order valence-corrected chi connectivity index (χ1v) is 6.11. The second-order valence-electron chi connectivity index (χ2n) is 4.44. The van der Waals surface area contributed by atoms with Gasteiger partial charge in [0, 0.05) is 7.05 Å². The molecule has 20 heavy (non-hydrogen) atoms. The molecule has 0 atom stereocenters. The monoisotopic (exact) mass is 270 g/mol. The van der Waals surface area contributed by atoms with Gasteiger partial charge in [0.25, 0.3) is 0 Å². The first kappa shape index (κ1) is 12.3. The van der Waals surface area contributed by atoms with Crippen molar-refractivity contribution in [1.29, 1.82) is 0 Å². The Hall–Kier alpha value is -2.70. The molecular weight excluding hydrogens is 256 g/mol. The van der Waals surface area contributed by atoms with Gasteiger partial charge >= 0.3 is 0 Å². The molecule has 3 rings (SSSR count). The molecule has 102 valence electrons. The van der Waals surface area contributed by atoms with Gasteiger partial charge in [0.1, 0.15) is 12.1 Å². The van der Waals surface area contributed by atoms with Gasteiger partial charge in [0.2, 0.25) is 0 Å². The standard InChI is InChI=1S/C13H14N6O/c1-8-4-5-10(20-3)9(6-8)16-12-11-13(15-7-14-12)19(2)18-17-11/h4-7H,1-3H3,(H,14,15,16). The highest BCUT2D eigenvalue weighted by molar-refractivity contribution is 5.85. The van der Waals surface area contributed by atoms with E-state index < -0.39 is 0 Å². The third kappa shape index (κ3) is 2.03. The number of ether oxygens (including phenoxy) is 1. The van der Waals surface area contributed by atoms with Gasteiger partial charge in [-0.2, -0.15) is 0 Å². The van der Waals surface area contributed by atoms with E-state index in [1.54, 1.807) is 18.8 Å². The molecule has 0 fully saturated rings. The fourth-order valence-electron chi connectivity index (χ4n) is 1.99. The summed E-state index contributed by atoms with van der Waals surface area (Å²) in [6.07, 6.45) is 1.48. The van der Waals surface area contributed by atoms with Crippen LogP contribution in [0.3, 0.4) is 0 Å². The number of rotatable bonds is 3. The summed E-state index contributed by atoms with van der Waals surface area (Å²) in [7, 11) is 3.42. The Morgan fingerprint density at radius 1 is 1.25 bits per heavy atom. The van der Waals surface area contributed by atoms with Crippen LogP contribution in [0.5, 0.6) is 5.75 Å². The smallest absolute Gasteiger partial charge is 0.183 e. The fraction of sp³-hybridized carbons (Fsp3) is 0.231. The summed E-state index contributed by atoms with van der Waals surface area (Å²) in [6, 6.07) is 5.89. The number of methoxy groups -OCH3 is 1. The number of hydrogen-bond acceptors (Lipinski definition) is 6. The summed E-state index contributed by atoms with van der Waals surface area (Å²) in [5.41, 5.74) is 3.25. The number of benzene rings is 1. The average Bonchev–Trinajstić information content (AvgIpc) is 2.82. The van der Waals surface area contributed by atoms with Gasteiger partial charge < -0.3 is 10.1 Å². The zero-order valence-electron chi connectivity index (χ0n) is 11.5. The second-order valence-corrected chi connectivity index (χ2v) is 4.44. The Morgan fingerprint density at radius 3 is 2.90 bits per heavy atom. The van der Waals surface area contributed by atoms with Crippen LogP contribution < -0.4 is 10.1 Å². The van der Waals surface area contributed by atoms with Gasteiger partial charge in [0.05, 0.1) is 12.8 Å². The van der Waals surface area contributed by atoms with E-state index in [9.17, 15) is 0 Å². The molecule has 1 N–H and O–H groups in total. The summed E-state index contributed by atoms with van der Waals surface area (Å²) < 4.78 is 6.95. The molecule has 7 heteroatoms. The van der Waals surface area contributed by atoms with E-state index in [0.717, 1.165) is 17.0 Å². The largest absolute Gasteiger partial charge is 0.495 e. The predicted molar refractivity (Wildman–Crippen MR) is 75.1 cm³/mol. The molecule has 0 saturated heterocycles. The molecular formula is C13H14N6O. The third-order valence-corrected chi connectivity index (χ3v) is 3.00. The van der Waals surface area contributed by atoms with Crippen LogP contribution >= 0.6 is 0 Å². The minimum absolute atomic E-state index is 0.604. The number of nitrogens with zero attached hydrogens (tertiary/aromatic N) is 5. The summed E-state index contributed by atoms with van der Waals surface area (Å²) in [5, 5.41) is 11.3. The minimum Gasteiger partial charge on any atom is -0.495 e. The van der Waals surface area contributed by atoms with E-state index >= 15 is 0 Å². The molecule has 2 heterocycles. The lowest BCUT2D eigenvalue weighted by Crippen LogP contribution is -1.99. The van der Waals surface area contributed by atoms with Crippen molar-refractivity contribution in [2.75, 3.05) is 12.4 Å². The lowest BCUT2D eigenvalue weighted by atomic mass is 10.2. The number of hydrogen-bond donors (Lipinski definition) is 1. The Bertz CT molecular complexity index is 767. The minimum atomic E-state index is 0.604. The number of aryl methyl sites for hydroxylation is 2. The van der Waals surface area contributed by atoms with Crippen LogP contribution in [-0.4, -0.2) is 32.1 Å². The van der Waals surface area contributed by atoms with Crippen LogP contribution in [0.2, 0.25) is 0 Å². The van der Waals surface area contributed by atoms with E-state index in [4.69, 9.17) is 4.74 Å². The highest BCUT2D eigenvalue weighted by Crippen LogP contribution is 2.29. The van der Waals surface area contributed by atoms with Crippen molar-refractivity contribution in [1.82, 2.24) is 25.0 Å². The summed E-state index contributed by atoms with van der Waals surface area (Å²) in [6.45, 7) is 2.02. The van der Waals surface area contributed by atoms with Gasteiger partial charge in [-0.3, -0.25) is 0 Å². The zero-order valence-corrected chi connectivity index (χ0v) is 11.5. The lowest BCUT2D eigenvalue weighted by molar-refractivity contribution is 0.416. The van der Waals surface area contributed by atoms with Gasteiger partial charge in [-0.25, -0.2) is 14.6 Å². The summed E-state index contributed by atoms with van der Waals surface area (Å²) >= 11 is 0. The molecule has 7 nitrogen and oxygen atoms in total. The highest BCUT2D eigenvalue weighted by atomic mass is 16.5. The van der Waals surface area contributed by atoms with Gasteiger partial charge in [-0.15, -0.1) is 5.10 Å². The number of anilines is 2. The Labute approximate surface area is 115 Å². The molecule has 3 aromatic rings. The van der Waals surface area contributed by atoms with Crippen molar-refractivity contribution in [2.24, 2.45) is 7.05 Å². The van der Waals surface area contributed by atoms with Crippen molar-refractivity contribution in [3.63, 3.8) is 0 Å². The zero-order chi connectivity index (χ0) is 14.1. The topological polar surface area (TPSA) is 77.8 Å². The first-order valence-electron chi connectivity index (χ1n) is 6.11. The maximum absolute atomic E-state index is 5.34. The third-order valence-electron chi connectivity index (χ3n) is 3.00. The van der Waals surface area contributed by atoms with E-state index in [2.05, 4.69) is 25.6 Å². The van der Waals surface area contributed by atoms with Gasteiger partial charge in [-0.05, 0) is 24.6 Å². The van der Waals surface area contributed by atoms with Crippen molar-refractivity contribution >= 4 is 22.7 Å². The molecule has 0 unspecified atom stereocenters. The summed E-state index contributed by atoms with van der Waals surface area (Å²) in [5.74, 6) is 1.35. The number of nitrogens with one attached hydrogen (secondary N) is 1. The molecule has 1 aromatic carbocycles. The first-order chi connectivity index (χ1) is 9.69. The van der Waals surface area contributed by atoms with Crippen LogP contribution in [-0.2, 0) is 7.05 Å². The highest BCUT2D eigenvalue weighted by Gasteiger charge is 2.11. The molecule has 0 radical (unpaired) electrons. The van der Waals surface area contributed by atoms with Crippen molar-refractivity contribution in [2.45, 2.75) is 6.92 Å². The SMILES string of the molecule is COc1ccc(C)cc1Nc1ncnc2c1nnn2C. The van der Waals surface area contributed by atoms with E-state index in [-0.39, 0.29) is 0 Å². The van der Waals surface area contributed by atoms with Crippen LogP contribution in [0.15, 0.2) is 24.5 Å². The summed E-state index contributed by atoms with van der Waals surface area (Å²) in [4.78, 5) is 8.39. The fourth-order valence-corrected chi connectivity index (χ4v) is 1.99. The van der Waals surface area contributed by atoms with Crippen molar-refractivity contribution in [3.05, 3.63) is 30.1 Å². The normalized spacial score (nSPS) is 10.8. The quantitative estimate of drug-likeness (QED) is 0.782. The van der Waals surface area contributed by atoms with Crippen LogP contribution in [0.1, 0.15) is 5.56 Å². The van der Waals surface area contributed by atoms with Crippen LogP contribution in [0.4, 0.5) is 11.5 Å². The molecule has 0 saturated carbocycles. The average molecular weight is 270 g/mol. The predicted octanol–water partition coefficient (Wildman–Crippen LogP) is 1.82. The second kappa shape index (κ2) is 4.76. The lowest BCUT2D eigenvalue weighted by Gasteiger charge is -2.11. The Morgan fingerprint density at radius 2 is 2.10 bits per heavy atom. The molecule has 0 amide bonds. The molecule has 0 aliphatic rings.